The maximum Gasteiger partial charge on any atom is 0.254 e. The number of amides is 2. The number of aliphatic hydroxyl groups excluding tert-OH is 1. The molecule has 0 saturated heterocycles. The van der Waals surface area contributed by atoms with Gasteiger partial charge in [0.05, 0.1) is 25.8 Å². The number of aromatic nitrogens is 1. The summed E-state index contributed by atoms with van der Waals surface area (Å²) in [7, 11) is 1.63. The monoisotopic (exact) mass is 598 g/mol. The van der Waals surface area contributed by atoms with Gasteiger partial charge < -0.3 is 25.4 Å². The van der Waals surface area contributed by atoms with Crippen LogP contribution in [0.5, 0.6) is 5.75 Å². The molecule has 2 atom stereocenters. The van der Waals surface area contributed by atoms with Gasteiger partial charge in [0, 0.05) is 41.3 Å². The van der Waals surface area contributed by atoms with Crippen LogP contribution >= 0.6 is 11.3 Å². The fourth-order valence-electron chi connectivity index (χ4n) is 5.03. The van der Waals surface area contributed by atoms with Gasteiger partial charge >= 0.3 is 0 Å². The first kappa shape index (κ1) is 30.4. The molecule has 0 aliphatic heterocycles. The van der Waals surface area contributed by atoms with E-state index in [0.29, 0.717) is 30.6 Å². The minimum absolute atomic E-state index is 0.104. The Morgan fingerprint density at radius 2 is 1.77 bits per heavy atom. The van der Waals surface area contributed by atoms with Crippen LogP contribution < -0.4 is 15.4 Å². The molecule has 224 valence electrons. The summed E-state index contributed by atoms with van der Waals surface area (Å²) in [6.45, 7) is 3.24. The van der Waals surface area contributed by atoms with E-state index in [2.05, 4.69) is 15.6 Å². The number of methoxy groups -OCH3 is 1. The maximum atomic E-state index is 13.6. The van der Waals surface area contributed by atoms with E-state index >= 15 is 0 Å². The molecule has 1 aromatic heterocycles. The standard InChI is InChI=1S/C34H38N4O4S/c1-23-22-43-32(36-23)21-38(28-14-15-28)34(41)27-12-7-11-26(18-27)33(40)37-30(17-24-8-4-3-5-9-24)31(39)20-35-19-25-10-6-13-29(16-25)42-2/h3-13,16,18,22,28,30-31,35,39H,14-15,17,19-21H2,1-2H3,(H,37,40). The number of thiazole rings is 1. The van der Waals surface area contributed by atoms with E-state index in [9.17, 15) is 14.7 Å². The Morgan fingerprint density at radius 1 is 1.02 bits per heavy atom. The Bertz CT molecular complexity index is 1520. The van der Waals surface area contributed by atoms with Crippen molar-refractivity contribution in [1.29, 1.82) is 0 Å². The molecule has 5 rings (SSSR count). The van der Waals surface area contributed by atoms with E-state index in [1.54, 1.807) is 42.7 Å². The Hall–Kier alpha value is -4.05. The number of aliphatic hydroxyl groups is 1. The van der Waals surface area contributed by atoms with Crippen LogP contribution in [0.15, 0.2) is 84.2 Å². The van der Waals surface area contributed by atoms with Crippen molar-refractivity contribution in [3.63, 3.8) is 0 Å². The second-order valence-corrected chi connectivity index (χ2v) is 11.9. The topological polar surface area (TPSA) is 104 Å². The molecule has 9 heteroatoms. The fraction of sp³-hybridized carbons (Fsp3) is 0.324. The van der Waals surface area contributed by atoms with E-state index in [1.807, 2.05) is 71.8 Å². The lowest BCUT2D eigenvalue weighted by atomic mass is 10.00. The van der Waals surface area contributed by atoms with Crippen LogP contribution in [-0.4, -0.2) is 58.6 Å². The van der Waals surface area contributed by atoms with Crippen molar-refractivity contribution in [1.82, 2.24) is 20.5 Å². The highest BCUT2D eigenvalue weighted by Crippen LogP contribution is 2.30. The Morgan fingerprint density at radius 3 is 2.49 bits per heavy atom. The maximum absolute atomic E-state index is 13.6. The molecule has 0 radical (unpaired) electrons. The molecule has 1 heterocycles. The minimum Gasteiger partial charge on any atom is -0.497 e. The molecule has 2 unspecified atom stereocenters. The average Bonchev–Trinajstić information content (AvgIpc) is 3.79. The van der Waals surface area contributed by atoms with Gasteiger partial charge in [0.2, 0.25) is 0 Å². The van der Waals surface area contributed by atoms with Crippen LogP contribution in [0.1, 0.15) is 55.4 Å². The number of carbonyl (C=O) groups is 2. The largest absolute Gasteiger partial charge is 0.497 e. The predicted octanol–water partition coefficient (Wildman–Crippen LogP) is 4.76. The summed E-state index contributed by atoms with van der Waals surface area (Å²) in [5.41, 5.74) is 3.82. The molecule has 43 heavy (non-hydrogen) atoms. The normalized spacial score (nSPS) is 14.1. The van der Waals surface area contributed by atoms with Crippen LogP contribution in [0.3, 0.4) is 0 Å². The van der Waals surface area contributed by atoms with E-state index in [1.165, 1.54) is 0 Å². The van der Waals surface area contributed by atoms with Gasteiger partial charge in [0.1, 0.15) is 10.8 Å². The summed E-state index contributed by atoms with van der Waals surface area (Å²) in [4.78, 5) is 33.5. The first-order valence-corrected chi connectivity index (χ1v) is 15.5. The van der Waals surface area contributed by atoms with Gasteiger partial charge in [0.25, 0.3) is 11.8 Å². The van der Waals surface area contributed by atoms with Crippen LogP contribution in [-0.2, 0) is 19.5 Å². The minimum atomic E-state index is -0.855. The molecule has 1 aliphatic carbocycles. The summed E-state index contributed by atoms with van der Waals surface area (Å²) >= 11 is 1.56. The van der Waals surface area contributed by atoms with Gasteiger partial charge in [-0.3, -0.25) is 9.59 Å². The molecular weight excluding hydrogens is 560 g/mol. The first-order valence-electron chi connectivity index (χ1n) is 14.6. The van der Waals surface area contributed by atoms with Gasteiger partial charge in [-0.1, -0.05) is 48.5 Å². The number of rotatable bonds is 14. The Labute approximate surface area is 256 Å². The van der Waals surface area contributed by atoms with Crippen LogP contribution in [0.4, 0.5) is 0 Å². The second-order valence-electron chi connectivity index (χ2n) is 10.9. The number of hydrogen-bond donors (Lipinski definition) is 3. The fourth-order valence-corrected chi connectivity index (χ4v) is 5.79. The van der Waals surface area contributed by atoms with Crippen LogP contribution in [0.25, 0.3) is 0 Å². The summed E-state index contributed by atoms with van der Waals surface area (Å²) in [5.74, 6) is 0.330. The van der Waals surface area contributed by atoms with Crippen molar-refractivity contribution < 1.29 is 19.4 Å². The Kier molecular flexibility index (Phi) is 10.2. The summed E-state index contributed by atoms with van der Waals surface area (Å²) in [5, 5.41) is 20.4. The molecule has 2 amide bonds. The molecule has 8 nitrogen and oxygen atoms in total. The van der Waals surface area contributed by atoms with Crippen molar-refractivity contribution in [2.24, 2.45) is 0 Å². The summed E-state index contributed by atoms with van der Waals surface area (Å²) in [6.07, 6.45) is 1.55. The summed E-state index contributed by atoms with van der Waals surface area (Å²) < 4.78 is 5.30. The molecule has 4 aromatic rings. The highest BCUT2D eigenvalue weighted by molar-refractivity contribution is 7.09. The quantitative estimate of drug-likeness (QED) is 0.194. The number of carbonyl (C=O) groups excluding carboxylic acids is 2. The number of nitrogens with zero attached hydrogens (tertiary/aromatic N) is 2. The lowest BCUT2D eigenvalue weighted by molar-refractivity contribution is 0.0729. The lowest BCUT2D eigenvalue weighted by Crippen LogP contribution is -2.48. The zero-order chi connectivity index (χ0) is 30.2. The SMILES string of the molecule is COc1cccc(CNCC(O)C(Cc2ccccc2)NC(=O)c2cccc(C(=O)N(Cc3nc(C)cs3)C3CC3)c2)c1. The lowest BCUT2D eigenvalue weighted by Gasteiger charge is -2.25. The zero-order valence-corrected chi connectivity index (χ0v) is 25.3. The third-order valence-corrected chi connectivity index (χ3v) is 8.44. The van der Waals surface area contributed by atoms with E-state index in [-0.39, 0.29) is 24.4 Å². The molecule has 3 N–H and O–H groups in total. The smallest absolute Gasteiger partial charge is 0.254 e. The molecule has 0 bridgehead atoms. The molecule has 1 fully saturated rings. The summed E-state index contributed by atoms with van der Waals surface area (Å²) in [6, 6.07) is 24.0. The zero-order valence-electron chi connectivity index (χ0n) is 24.5. The number of nitrogens with one attached hydrogen (secondary N) is 2. The molecule has 1 aliphatic rings. The van der Waals surface area contributed by atoms with Crippen molar-refractivity contribution in [3.8, 4) is 5.75 Å². The Balaban J connectivity index is 1.26. The van der Waals surface area contributed by atoms with Gasteiger partial charge in [-0.05, 0) is 67.6 Å². The average molecular weight is 599 g/mol. The molecule has 3 aromatic carbocycles. The first-order chi connectivity index (χ1) is 20.9. The number of aryl methyl sites for hydroxylation is 1. The van der Waals surface area contributed by atoms with Gasteiger partial charge in [0.15, 0.2) is 0 Å². The van der Waals surface area contributed by atoms with Crippen molar-refractivity contribution >= 4 is 23.2 Å². The van der Waals surface area contributed by atoms with E-state index < -0.39 is 12.1 Å². The number of hydrogen-bond acceptors (Lipinski definition) is 7. The highest BCUT2D eigenvalue weighted by atomic mass is 32.1. The van der Waals surface area contributed by atoms with Gasteiger partial charge in [-0.2, -0.15) is 0 Å². The molecule has 1 saturated carbocycles. The van der Waals surface area contributed by atoms with Gasteiger partial charge in [-0.15, -0.1) is 11.3 Å². The second kappa shape index (κ2) is 14.4. The predicted molar refractivity (Wildman–Crippen MR) is 168 cm³/mol. The molecular formula is C34H38N4O4S. The van der Waals surface area contributed by atoms with Crippen molar-refractivity contribution in [3.05, 3.63) is 117 Å². The van der Waals surface area contributed by atoms with Crippen molar-refractivity contribution in [2.45, 2.75) is 57.5 Å². The van der Waals surface area contributed by atoms with E-state index in [0.717, 1.165) is 40.4 Å². The highest BCUT2D eigenvalue weighted by Gasteiger charge is 2.34. The van der Waals surface area contributed by atoms with Crippen molar-refractivity contribution in [2.75, 3.05) is 13.7 Å². The number of benzene rings is 3. The molecule has 0 spiro atoms. The van der Waals surface area contributed by atoms with Crippen LogP contribution in [0.2, 0.25) is 0 Å². The van der Waals surface area contributed by atoms with Gasteiger partial charge in [-0.25, -0.2) is 4.98 Å². The van der Waals surface area contributed by atoms with E-state index in [4.69, 9.17) is 4.74 Å². The third kappa shape index (κ3) is 8.50. The number of ether oxygens (including phenoxy) is 1. The third-order valence-electron chi connectivity index (χ3n) is 7.49. The van der Waals surface area contributed by atoms with Crippen LogP contribution in [0, 0.1) is 6.92 Å².